The molecule has 0 fully saturated rings. The molecular formula is C36H27Br2N3O7S. The van der Waals surface area contributed by atoms with Gasteiger partial charge in [-0.2, -0.15) is 0 Å². The average Bonchev–Trinajstić information content (AvgIpc) is 3.41. The van der Waals surface area contributed by atoms with Crippen LogP contribution in [0.3, 0.4) is 0 Å². The minimum absolute atomic E-state index is 0.00414. The first-order valence-electron chi connectivity index (χ1n) is 15.0. The smallest absolute Gasteiger partial charge is 0.338 e. The molecule has 0 N–H and O–H groups in total. The van der Waals surface area contributed by atoms with Crippen LogP contribution in [0.1, 0.15) is 35.2 Å². The topological polar surface area (TPSA) is 122 Å². The van der Waals surface area contributed by atoms with Gasteiger partial charge in [0.1, 0.15) is 18.1 Å². The maximum atomic E-state index is 14.2. The second-order valence-corrected chi connectivity index (χ2v) is 13.4. The highest BCUT2D eigenvalue weighted by atomic mass is 79.9. The Kier molecular flexibility index (Phi) is 10.2. The molecule has 0 saturated carbocycles. The molecule has 1 aliphatic heterocycles. The number of rotatable bonds is 10. The number of ether oxygens (including phenoxy) is 3. The van der Waals surface area contributed by atoms with Gasteiger partial charge in [-0.05, 0) is 97.9 Å². The van der Waals surface area contributed by atoms with Gasteiger partial charge in [0, 0.05) is 17.7 Å². The molecule has 0 spiro atoms. The molecule has 0 radical (unpaired) electrons. The number of nitro benzene ring substituents is 1. The average molecular weight is 806 g/mol. The number of methoxy groups -OCH3 is 1. The fraction of sp³-hybridized carbons (Fsp3) is 0.139. The van der Waals surface area contributed by atoms with Crippen molar-refractivity contribution >= 4 is 66.6 Å². The molecular weight excluding hydrogens is 778 g/mol. The number of halogens is 2. The van der Waals surface area contributed by atoms with Crippen molar-refractivity contribution in [2.75, 3.05) is 13.7 Å². The number of aromatic nitrogens is 1. The van der Waals surface area contributed by atoms with Crippen molar-refractivity contribution in [3.8, 4) is 11.5 Å². The molecule has 0 aliphatic carbocycles. The van der Waals surface area contributed by atoms with Gasteiger partial charge in [0.05, 0.1) is 49.4 Å². The summed E-state index contributed by atoms with van der Waals surface area (Å²) in [5.74, 6) is 0.609. The Balaban J connectivity index is 1.44. The first kappa shape index (κ1) is 34.0. The van der Waals surface area contributed by atoms with Crippen LogP contribution >= 0.6 is 43.2 Å². The largest absolute Gasteiger partial charge is 0.497 e. The van der Waals surface area contributed by atoms with E-state index < -0.39 is 16.9 Å². The molecule has 4 aromatic carbocycles. The fourth-order valence-electron chi connectivity index (χ4n) is 5.36. The normalized spacial score (nSPS) is 14.2. The second kappa shape index (κ2) is 14.7. The lowest BCUT2D eigenvalue weighted by atomic mass is 9.93. The summed E-state index contributed by atoms with van der Waals surface area (Å²) in [5, 5.41) is 11.0. The second-order valence-electron chi connectivity index (χ2n) is 10.7. The van der Waals surface area contributed by atoms with E-state index in [1.54, 1.807) is 48.9 Å². The van der Waals surface area contributed by atoms with Gasteiger partial charge in [-0.25, -0.2) is 9.79 Å². The molecule has 0 amide bonds. The number of benzene rings is 4. The lowest BCUT2D eigenvalue weighted by molar-refractivity contribution is -0.384. The highest BCUT2D eigenvalue weighted by Gasteiger charge is 2.35. The lowest BCUT2D eigenvalue weighted by Gasteiger charge is -2.26. The maximum Gasteiger partial charge on any atom is 0.338 e. The molecule has 1 atom stereocenters. The number of hydrogen-bond donors (Lipinski definition) is 0. The fourth-order valence-corrected chi connectivity index (χ4v) is 7.82. The molecule has 248 valence electrons. The minimum Gasteiger partial charge on any atom is -0.497 e. The molecule has 1 aliphatic rings. The maximum absolute atomic E-state index is 14.2. The van der Waals surface area contributed by atoms with E-state index in [1.165, 1.54) is 23.5 Å². The number of hydrogen-bond acceptors (Lipinski definition) is 9. The number of nitro groups is 1. The van der Waals surface area contributed by atoms with E-state index >= 15 is 0 Å². The zero-order valence-corrected chi connectivity index (χ0v) is 30.1. The Labute approximate surface area is 301 Å². The Morgan fingerprint density at radius 3 is 2.31 bits per heavy atom. The third-order valence-electron chi connectivity index (χ3n) is 7.65. The predicted molar refractivity (Wildman–Crippen MR) is 193 cm³/mol. The summed E-state index contributed by atoms with van der Waals surface area (Å²) < 4.78 is 20.2. The van der Waals surface area contributed by atoms with Crippen molar-refractivity contribution in [3.05, 3.63) is 158 Å². The molecule has 0 bridgehead atoms. The molecule has 6 rings (SSSR count). The highest BCUT2D eigenvalue weighted by Crippen LogP contribution is 2.37. The summed E-state index contributed by atoms with van der Waals surface area (Å²) >= 11 is 8.39. The Morgan fingerprint density at radius 1 is 1.02 bits per heavy atom. The summed E-state index contributed by atoms with van der Waals surface area (Å²) in [4.78, 5) is 43.8. The van der Waals surface area contributed by atoms with Crippen molar-refractivity contribution < 1.29 is 23.9 Å². The van der Waals surface area contributed by atoms with Gasteiger partial charge in [0.15, 0.2) is 4.80 Å². The summed E-state index contributed by atoms with van der Waals surface area (Å²) in [6.07, 6.45) is 1.76. The predicted octanol–water partition coefficient (Wildman–Crippen LogP) is 6.96. The number of fused-ring (bicyclic) bond motifs is 1. The Bertz CT molecular complexity index is 2240. The molecule has 5 aromatic rings. The quantitative estimate of drug-likeness (QED) is 0.0851. The van der Waals surface area contributed by atoms with Crippen molar-refractivity contribution in [2.45, 2.75) is 19.6 Å². The van der Waals surface area contributed by atoms with Crippen LogP contribution in [0, 0.1) is 10.1 Å². The summed E-state index contributed by atoms with van der Waals surface area (Å²) in [6.45, 7) is 2.08. The zero-order valence-electron chi connectivity index (χ0n) is 26.1. The molecule has 10 nitrogen and oxygen atoms in total. The van der Waals surface area contributed by atoms with Gasteiger partial charge in [-0.3, -0.25) is 19.5 Å². The first-order chi connectivity index (χ1) is 23.7. The van der Waals surface area contributed by atoms with Gasteiger partial charge >= 0.3 is 5.97 Å². The summed E-state index contributed by atoms with van der Waals surface area (Å²) in [5.41, 5.74) is 3.27. The Hall–Kier alpha value is -4.85. The van der Waals surface area contributed by atoms with Gasteiger partial charge in [0.25, 0.3) is 11.2 Å². The van der Waals surface area contributed by atoms with E-state index in [0.717, 1.165) is 11.1 Å². The van der Waals surface area contributed by atoms with E-state index in [-0.39, 0.29) is 30.0 Å². The van der Waals surface area contributed by atoms with Crippen LogP contribution in [0.2, 0.25) is 0 Å². The van der Waals surface area contributed by atoms with Gasteiger partial charge < -0.3 is 14.2 Å². The third-order valence-corrected chi connectivity index (χ3v) is 9.81. The van der Waals surface area contributed by atoms with Crippen molar-refractivity contribution in [1.82, 2.24) is 4.57 Å². The van der Waals surface area contributed by atoms with Crippen LogP contribution in [0.25, 0.3) is 11.8 Å². The van der Waals surface area contributed by atoms with Crippen molar-refractivity contribution in [2.24, 2.45) is 4.99 Å². The number of nitrogens with zero attached hydrogens (tertiary/aromatic N) is 3. The number of carbonyl (C=O) groups is 1. The van der Waals surface area contributed by atoms with Crippen LogP contribution in [0.5, 0.6) is 11.5 Å². The molecule has 0 saturated heterocycles. The zero-order chi connectivity index (χ0) is 34.7. The highest BCUT2D eigenvalue weighted by molar-refractivity contribution is 9.11. The van der Waals surface area contributed by atoms with E-state index in [4.69, 9.17) is 19.2 Å². The molecule has 13 heteroatoms. The van der Waals surface area contributed by atoms with Gasteiger partial charge in [0.2, 0.25) is 0 Å². The molecule has 49 heavy (non-hydrogen) atoms. The summed E-state index contributed by atoms with van der Waals surface area (Å²) in [7, 11) is 1.57. The standard InChI is InChI=1S/C36H27Br2N3O7S/c1-3-47-35(43)30-31(23-7-5-4-6-8-23)39-36-40(32(30)24-11-15-26(46-2)16-12-24)34(42)29(49-36)19-22-17-27(37)33(28(38)18-22)48-20-21-9-13-25(14-10-21)41(44)45/h4-19,32H,3,20H2,1-2H3/b29-19-/t32-/m1/s1. The van der Waals surface area contributed by atoms with Crippen LogP contribution in [-0.4, -0.2) is 29.2 Å². The Morgan fingerprint density at radius 2 is 1.69 bits per heavy atom. The SMILES string of the molecule is CCOC(=O)C1=C(c2ccccc2)N=c2s/c(=C\c3cc(Br)c(OCc4ccc([N+](=O)[O-])cc4)c(Br)c3)c(=O)n2[C@@H]1c1ccc(OC)cc1. The van der Waals surface area contributed by atoms with E-state index in [0.29, 0.717) is 46.6 Å². The summed E-state index contributed by atoms with van der Waals surface area (Å²) in [6, 6.07) is 25.6. The van der Waals surface area contributed by atoms with Gasteiger partial charge in [-0.1, -0.05) is 53.8 Å². The van der Waals surface area contributed by atoms with Crippen molar-refractivity contribution in [3.63, 3.8) is 0 Å². The molecule has 2 heterocycles. The first-order valence-corrected chi connectivity index (χ1v) is 17.4. The van der Waals surface area contributed by atoms with Crippen LogP contribution in [0.15, 0.2) is 115 Å². The van der Waals surface area contributed by atoms with Gasteiger partial charge in [-0.15, -0.1) is 0 Å². The van der Waals surface area contributed by atoms with Crippen LogP contribution in [-0.2, 0) is 16.1 Å². The number of carbonyl (C=O) groups excluding carboxylic acids is 1. The molecule has 0 unspecified atom stereocenters. The van der Waals surface area contributed by atoms with Crippen LogP contribution < -0.4 is 24.4 Å². The lowest BCUT2D eigenvalue weighted by Crippen LogP contribution is -2.40. The van der Waals surface area contributed by atoms with E-state index in [9.17, 15) is 19.7 Å². The number of non-ortho nitro benzene ring substituents is 1. The third kappa shape index (κ3) is 7.14. The molecule has 1 aromatic heterocycles. The van der Waals surface area contributed by atoms with E-state index in [2.05, 4.69) is 31.9 Å². The number of thiazole rings is 1. The monoisotopic (exact) mass is 803 g/mol. The minimum atomic E-state index is -0.813. The number of esters is 1. The van der Waals surface area contributed by atoms with E-state index in [1.807, 2.05) is 54.6 Å². The van der Waals surface area contributed by atoms with Crippen LogP contribution in [0.4, 0.5) is 5.69 Å². The van der Waals surface area contributed by atoms with Crippen molar-refractivity contribution in [1.29, 1.82) is 0 Å².